The zero-order valence-corrected chi connectivity index (χ0v) is 12.2. The number of carbonyl (C=O) groups excluding carboxylic acids is 1. The van der Waals surface area contributed by atoms with E-state index in [1.54, 1.807) is 12.1 Å². The monoisotopic (exact) mass is 291 g/mol. The summed E-state index contributed by atoms with van der Waals surface area (Å²) in [5, 5.41) is 6.35. The van der Waals surface area contributed by atoms with Crippen molar-refractivity contribution in [2.75, 3.05) is 26.2 Å². The van der Waals surface area contributed by atoms with Gasteiger partial charge in [-0.05, 0) is 43.5 Å². The van der Waals surface area contributed by atoms with Crippen LogP contribution in [-0.2, 0) is 6.54 Å². The van der Waals surface area contributed by atoms with E-state index in [2.05, 4.69) is 10.6 Å². The van der Waals surface area contributed by atoms with Gasteiger partial charge in [0.25, 0.3) is 0 Å². The first-order valence-electron chi connectivity index (χ1n) is 7.65. The molecule has 2 N–H and O–H groups in total. The van der Waals surface area contributed by atoms with Gasteiger partial charge in [-0.2, -0.15) is 0 Å². The number of rotatable bonds is 2. The number of amides is 2. The summed E-state index contributed by atoms with van der Waals surface area (Å²) in [7, 11) is 0. The second-order valence-corrected chi connectivity index (χ2v) is 6.24. The number of halogens is 1. The second kappa shape index (κ2) is 6.02. The third-order valence-corrected chi connectivity index (χ3v) is 4.64. The summed E-state index contributed by atoms with van der Waals surface area (Å²) < 4.78 is 12.8. The number of carbonyl (C=O) groups is 1. The van der Waals surface area contributed by atoms with Crippen LogP contribution in [0.4, 0.5) is 9.18 Å². The van der Waals surface area contributed by atoms with Gasteiger partial charge in [-0.1, -0.05) is 12.1 Å². The van der Waals surface area contributed by atoms with Crippen LogP contribution in [0.2, 0.25) is 0 Å². The first kappa shape index (κ1) is 14.3. The molecule has 0 saturated carbocycles. The molecule has 0 aliphatic carbocycles. The minimum atomic E-state index is -0.253. The molecule has 2 aliphatic heterocycles. The fourth-order valence-electron chi connectivity index (χ4n) is 3.42. The number of hydrogen-bond donors (Lipinski definition) is 2. The standard InChI is InChI=1S/C16H22FN3O/c17-14-4-2-13(3-5-14)10-19-15(21)20-9-1-6-16(12-20)7-8-18-11-16/h2-5,18H,1,6-12H2,(H,19,21). The molecule has 0 aromatic heterocycles. The van der Waals surface area contributed by atoms with E-state index in [1.165, 1.54) is 18.6 Å². The molecular weight excluding hydrogens is 269 g/mol. The lowest BCUT2D eigenvalue weighted by Gasteiger charge is -2.39. The Hall–Kier alpha value is -1.62. The van der Waals surface area contributed by atoms with E-state index in [0.29, 0.717) is 6.54 Å². The normalized spacial score (nSPS) is 25.3. The predicted octanol–water partition coefficient (Wildman–Crippen LogP) is 2.11. The van der Waals surface area contributed by atoms with Gasteiger partial charge in [-0.25, -0.2) is 9.18 Å². The third kappa shape index (κ3) is 3.35. The maximum atomic E-state index is 12.8. The second-order valence-electron chi connectivity index (χ2n) is 6.24. The van der Waals surface area contributed by atoms with Gasteiger partial charge in [0.2, 0.25) is 0 Å². The van der Waals surface area contributed by atoms with Gasteiger partial charge in [-0.15, -0.1) is 0 Å². The summed E-state index contributed by atoms with van der Waals surface area (Å²) in [6, 6.07) is 6.23. The molecule has 3 rings (SSSR count). The Kier molecular flexibility index (Phi) is 4.10. The van der Waals surface area contributed by atoms with Crippen LogP contribution in [0.15, 0.2) is 24.3 Å². The van der Waals surface area contributed by atoms with Crippen LogP contribution in [0.3, 0.4) is 0 Å². The van der Waals surface area contributed by atoms with Crippen molar-refractivity contribution in [2.24, 2.45) is 5.41 Å². The van der Waals surface area contributed by atoms with Gasteiger partial charge < -0.3 is 15.5 Å². The van der Waals surface area contributed by atoms with E-state index in [1.807, 2.05) is 4.90 Å². The van der Waals surface area contributed by atoms with Crippen LogP contribution in [-0.4, -0.2) is 37.1 Å². The number of nitrogens with zero attached hydrogens (tertiary/aromatic N) is 1. The molecule has 0 radical (unpaired) electrons. The topological polar surface area (TPSA) is 44.4 Å². The van der Waals surface area contributed by atoms with Crippen molar-refractivity contribution in [1.82, 2.24) is 15.5 Å². The molecule has 114 valence electrons. The first-order chi connectivity index (χ1) is 10.2. The minimum absolute atomic E-state index is 0.00898. The average molecular weight is 291 g/mol. The summed E-state index contributed by atoms with van der Waals surface area (Å²) in [5.41, 5.74) is 1.20. The van der Waals surface area contributed by atoms with Crippen molar-refractivity contribution >= 4 is 6.03 Å². The van der Waals surface area contributed by atoms with Gasteiger partial charge in [0, 0.05) is 31.6 Å². The molecule has 2 fully saturated rings. The summed E-state index contributed by atoms with van der Waals surface area (Å²) >= 11 is 0. The van der Waals surface area contributed by atoms with Gasteiger partial charge >= 0.3 is 6.03 Å². The van der Waals surface area contributed by atoms with Gasteiger partial charge in [0.05, 0.1) is 0 Å². The van der Waals surface area contributed by atoms with E-state index >= 15 is 0 Å². The Morgan fingerprint density at radius 3 is 2.86 bits per heavy atom. The van der Waals surface area contributed by atoms with E-state index in [0.717, 1.165) is 44.6 Å². The molecule has 0 bridgehead atoms. The van der Waals surface area contributed by atoms with Crippen LogP contribution in [0.25, 0.3) is 0 Å². The number of piperidine rings is 1. The highest BCUT2D eigenvalue weighted by Gasteiger charge is 2.39. The smallest absolute Gasteiger partial charge is 0.317 e. The lowest BCUT2D eigenvalue weighted by atomic mass is 9.79. The van der Waals surface area contributed by atoms with E-state index in [9.17, 15) is 9.18 Å². The van der Waals surface area contributed by atoms with Gasteiger partial charge in [0.1, 0.15) is 5.82 Å². The first-order valence-corrected chi connectivity index (χ1v) is 7.65. The van der Waals surface area contributed by atoms with Crippen LogP contribution < -0.4 is 10.6 Å². The summed E-state index contributed by atoms with van der Waals surface area (Å²) in [5.74, 6) is -0.253. The van der Waals surface area contributed by atoms with Crippen molar-refractivity contribution in [3.05, 3.63) is 35.6 Å². The van der Waals surface area contributed by atoms with E-state index < -0.39 is 0 Å². The number of benzene rings is 1. The summed E-state index contributed by atoms with van der Waals surface area (Å²) in [6.45, 7) is 4.20. The highest BCUT2D eigenvalue weighted by atomic mass is 19.1. The summed E-state index contributed by atoms with van der Waals surface area (Å²) in [4.78, 5) is 14.2. The lowest BCUT2D eigenvalue weighted by Crippen LogP contribution is -2.50. The molecule has 1 aromatic carbocycles. The molecule has 1 unspecified atom stereocenters. The minimum Gasteiger partial charge on any atom is -0.334 e. The molecular formula is C16H22FN3O. The number of nitrogens with one attached hydrogen (secondary N) is 2. The Morgan fingerprint density at radius 2 is 2.14 bits per heavy atom. The van der Waals surface area contributed by atoms with Crippen molar-refractivity contribution < 1.29 is 9.18 Å². The maximum absolute atomic E-state index is 12.8. The number of hydrogen-bond acceptors (Lipinski definition) is 2. The molecule has 21 heavy (non-hydrogen) atoms. The molecule has 5 heteroatoms. The lowest BCUT2D eigenvalue weighted by molar-refractivity contribution is 0.118. The van der Waals surface area contributed by atoms with Crippen LogP contribution in [0.5, 0.6) is 0 Å². The van der Waals surface area contributed by atoms with Crippen molar-refractivity contribution in [1.29, 1.82) is 0 Å². The average Bonchev–Trinajstić information content (AvgIpc) is 2.94. The Labute approximate surface area is 124 Å². The number of urea groups is 1. The molecule has 2 saturated heterocycles. The van der Waals surface area contributed by atoms with E-state index in [-0.39, 0.29) is 17.3 Å². The predicted molar refractivity (Wildman–Crippen MR) is 79.4 cm³/mol. The van der Waals surface area contributed by atoms with Crippen molar-refractivity contribution in [2.45, 2.75) is 25.8 Å². The van der Waals surface area contributed by atoms with Crippen LogP contribution in [0.1, 0.15) is 24.8 Å². The highest BCUT2D eigenvalue weighted by molar-refractivity contribution is 5.74. The zero-order chi connectivity index (χ0) is 14.7. The van der Waals surface area contributed by atoms with Gasteiger partial charge in [0.15, 0.2) is 0 Å². The zero-order valence-electron chi connectivity index (χ0n) is 12.2. The van der Waals surface area contributed by atoms with Crippen molar-refractivity contribution in [3.63, 3.8) is 0 Å². The Morgan fingerprint density at radius 1 is 1.33 bits per heavy atom. The van der Waals surface area contributed by atoms with E-state index in [4.69, 9.17) is 0 Å². The molecule has 1 spiro atoms. The molecule has 2 heterocycles. The fraction of sp³-hybridized carbons (Fsp3) is 0.562. The fourth-order valence-corrected chi connectivity index (χ4v) is 3.42. The maximum Gasteiger partial charge on any atom is 0.317 e. The number of likely N-dealkylation sites (tertiary alicyclic amines) is 1. The Bertz CT molecular complexity index is 497. The van der Waals surface area contributed by atoms with Crippen LogP contribution in [0, 0.1) is 11.2 Å². The SMILES string of the molecule is O=C(NCc1ccc(F)cc1)N1CCCC2(CCNC2)C1. The third-order valence-electron chi connectivity index (χ3n) is 4.64. The molecule has 2 aliphatic rings. The Balaban J connectivity index is 1.54. The van der Waals surface area contributed by atoms with Crippen molar-refractivity contribution in [3.8, 4) is 0 Å². The molecule has 1 aromatic rings. The molecule has 1 atom stereocenters. The quantitative estimate of drug-likeness (QED) is 0.876. The summed E-state index contributed by atoms with van der Waals surface area (Å²) in [6.07, 6.45) is 3.45. The molecule has 2 amide bonds. The highest BCUT2D eigenvalue weighted by Crippen LogP contribution is 2.35. The molecule has 4 nitrogen and oxygen atoms in total. The largest absolute Gasteiger partial charge is 0.334 e. The van der Waals surface area contributed by atoms with Gasteiger partial charge in [-0.3, -0.25) is 0 Å². The van der Waals surface area contributed by atoms with Crippen LogP contribution >= 0.6 is 0 Å².